The summed E-state index contributed by atoms with van der Waals surface area (Å²) < 4.78 is 46.3. The molecule has 4 heterocycles. The number of carbonyl (C=O) groups is 1. The summed E-state index contributed by atoms with van der Waals surface area (Å²) in [6.45, 7) is 4.73. The number of nitrogens with one attached hydrogen (secondary N) is 1. The molecule has 1 aromatic carbocycles. The van der Waals surface area contributed by atoms with Gasteiger partial charge in [0.05, 0.1) is 30.7 Å². The number of ether oxygens (including phenoxy) is 1. The molecule has 5 rings (SSSR count). The second kappa shape index (κ2) is 8.99. The zero-order valence-electron chi connectivity index (χ0n) is 18.7. The molecule has 4 aromatic rings. The van der Waals surface area contributed by atoms with E-state index in [0.717, 1.165) is 47.3 Å². The molecule has 0 aliphatic carbocycles. The fourth-order valence-corrected chi connectivity index (χ4v) is 4.04. The number of morpholine rings is 1. The van der Waals surface area contributed by atoms with Gasteiger partial charge in [-0.15, -0.1) is 5.10 Å². The van der Waals surface area contributed by atoms with Crippen LogP contribution in [0.5, 0.6) is 0 Å². The number of rotatable bonds is 4. The number of hydrogen-bond donors (Lipinski definition) is 1. The number of aromatic nitrogens is 4. The van der Waals surface area contributed by atoms with Gasteiger partial charge in [0.2, 0.25) is 0 Å². The molecule has 0 unspecified atom stereocenters. The van der Waals surface area contributed by atoms with Crippen LogP contribution in [0.15, 0.2) is 55.1 Å². The number of alkyl halides is 3. The van der Waals surface area contributed by atoms with Crippen molar-refractivity contribution >= 4 is 22.9 Å². The van der Waals surface area contributed by atoms with Crippen molar-refractivity contribution < 1.29 is 22.7 Å². The third kappa shape index (κ3) is 4.67. The maximum Gasteiger partial charge on any atom is 0.435 e. The maximum atomic E-state index is 12.9. The van der Waals surface area contributed by atoms with Crippen LogP contribution in [0.2, 0.25) is 0 Å². The predicted molar refractivity (Wildman–Crippen MR) is 123 cm³/mol. The minimum Gasteiger partial charge on any atom is -0.378 e. The molecular formula is C24H21F3N6O2. The smallest absolute Gasteiger partial charge is 0.378 e. The van der Waals surface area contributed by atoms with Gasteiger partial charge >= 0.3 is 6.18 Å². The summed E-state index contributed by atoms with van der Waals surface area (Å²) in [4.78, 5) is 19.4. The normalized spacial score (nSPS) is 14.3. The summed E-state index contributed by atoms with van der Waals surface area (Å²) >= 11 is 0. The van der Waals surface area contributed by atoms with Gasteiger partial charge in [0.1, 0.15) is 0 Å². The zero-order chi connectivity index (χ0) is 24.6. The highest BCUT2D eigenvalue weighted by Gasteiger charge is 2.33. The number of halogens is 3. The van der Waals surface area contributed by atoms with E-state index in [-0.39, 0.29) is 5.56 Å². The van der Waals surface area contributed by atoms with Crippen molar-refractivity contribution in [1.29, 1.82) is 0 Å². The molecule has 1 saturated heterocycles. The van der Waals surface area contributed by atoms with Crippen LogP contribution < -0.4 is 10.2 Å². The first-order valence-corrected chi connectivity index (χ1v) is 10.9. The zero-order valence-corrected chi connectivity index (χ0v) is 18.7. The molecule has 3 aromatic heterocycles. The molecule has 1 N–H and O–H groups in total. The largest absolute Gasteiger partial charge is 0.435 e. The van der Waals surface area contributed by atoms with Gasteiger partial charge in [-0.3, -0.25) is 4.79 Å². The molecule has 1 aliphatic heterocycles. The van der Waals surface area contributed by atoms with Crippen LogP contribution in [0.25, 0.3) is 16.8 Å². The molecule has 0 bridgehead atoms. The molecule has 180 valence electrons. The standard InChI is InChI=1S/C24H21F3N6O2/c1-15-2-3-18(30-23(34)16-11-21(24(25,26)27)31-29-13-16)12-19(15)17-10-20(32-6-8-35-9-7-32)22-28-4-5-33(22)14-17/h2-5,10-14H,6-9H2,1H3,(H,30,34). The minimum absolute atomic E-state index is 0.233. The van der Waals surface area contributed by atoms with Crippen LogP contribution in [0.1, 0.15) is 21.6 Å². The highest BCUT2D eigenvalue weighted by molar-refractivity contribution is 6.04. The Morgan fingerprint density at radius 1 is 1.14 bits per heavy atom. The fraction of sp³-hybridized carbons (Fsp3) is 0.250. The van der Waals surface area contributed by atoms with Gasteiger partial charge in [-0.1, -0.05) is 6.07 Å². The molecule has 1 fully saturated rings. The summed E-state index contributed by atoms with van der Waals surface area (Å²) in [7, 11) is 0. The number of benzene rings is 1. The highest BCUT2D eigenvalue weighted by atomic mass is 19.4. The monoisotopic (exact) mass is 482 g/mol. The molecular weight excluding hydrogens is 461 g/mol. The van der Waals surface area contributed by atoms with Crippen molar-refractivity contribution in [2.75, 3.05) is 36.5 Å². The number of anilines is 2. The Labute approximate surface area is 198 Å². The van der Waals surface area contributed by atoms with Crippen molar-refractivity contribution in [3.63, 3.8) is 0 Å². The van der Waals surface area contributed by atoms with Crippen molar-refractivity contribution in [2.24, 2.45) is 0 Å². The van der Waals surface area contributed by atoms with Gasteiger partial charge < -0.3 is 19.4 Å². The van der Waals surface area contributed by atoms with E-state index in [1.54, 1.807) is 18.3 Å². The highest BCUT2D eigenvalue weighted by Crippen LogP contribution is 2.32. The molecule has 35 heavy (non-hydrogen) atoms. The molecule has 0 spiro atoms. The molecule has 8 nitrogen and oxygen atoms in total. The van der Waals surface area contributed by atoms with Crippen LogP contribution in [0.3, 0.4) is 0 Å². The summed E-state index contributed by atoms with van der Waals surface area (Å²) in [5.41, 5.74) is 3.56. The van der Waals surface area contributed by atoms with Crippen molar-refractivity contribution in [3.05, 3.63) is 71.9 Å². The average molecular weight is 482 g/mol. The Hall–Kier alpha value is -3.99. The first-order valence-electron chi connectivity index (χ1n) is 10.9. The lowest BCUT2D eigenvalue weighted by Crippen LogP contribution is -2.36. The van der Waals surface area contributed by atoms with Crippen molar-refractivity contribution in [3.8, 4) is 11.1 Å². The Kier molecular flexibility index (Phi) is 5.85. The quantitative estimate of drug-likeness (QED) is 0.469. The van der Waals surface area contributed by atoms with Gasteiger partial charge in [0.15, 0.2) is 11.3 Å². The lowest BCUT2D eigenvalue weighted by molar-refractivity contribution is -0.141. The van der Waals surface area contributed by atoms with E-state index >= 15 is 0 Å². The second-order valence-corrected chi connectivity index (χ2v) is 8.18. The summed E-state index contributed by atoms with van der Waals surface area (Å²) in [5, 5.41) is 9.04. The molecule has 0 saturated carbocycles. The molecule has 11 heteroatoms. The van der Waals surface area contributed by atoms with E-state index < -0.39 is 17.8 Å². The van der Waals surface area contributed by atoms with Crippen molar-refractivity contribution in [1.82, 2.24) is 19.6 Å². The van der Waals surface area contributed by atoms with E-state index in [0.29, 0.717) is 25.0 Å². The first kappa shape index (κ1) is 22.8. The third-order valence-electron chi connectivity index (χ3n) is 5.83. The van der Waals surface area contributed by atoms with Crippen LogP contribution in [-0.4, -0.2) is 51.8 Å². The van der Waals surface area contributed by atoms with Crippen LogP contribution >= 0.6 is 0 Å². The molecule has 0 radical (unpaired) electrons. The van der Waals surface area contributed by atoms with Crippen LogP contribution in [-0.2, 0) is 10.9 Å². The van der Waals surface area contributed by atoms with Gasteiger partial charge in [-0.2, -0.15) is 18.3 Å². The average Bonchev–Trinajstić information content (AvgIpc) is 3.33. The van der Waals surface area contributed by atoms with E-state index in [1.807, 2.05) is 29.8 Å². The fourth-order valence-electron chi connectivity index (χ4n) is 4.04. The van der Waals surface area contributed by atoms with Crippen LogP contribution in [0, 0.1) is 6.92 Å². The Morgan fingerprint density at radius 2 is 1.94 bits per heavy atom. The number of carbonyl (C=O) groups excluding carboxylic acids is 1. The SMILES string of the molecule is Cc1ccc(NC(=O)c2cnnc(C(F)(F)F)c2)cc1-c1cc(N2CCOCC2)c2nccn2c1. The topological polar surface area (TPSA) is 84.7 Å². The van der Waals surface area contributed by atoms with E-state index in [1.165, 1.54) is 0 Å². The third-order valence-corrected chi connectivity index (χ3v) is 5.83. The Bertz CT molecular complexity index is 1400. The molecule has 1 aliphatic rings. The van der Waals surface area contributed by atoms with Gasteiger partial charge in [0.25, 0.3) is 5.91 Å². The van der Waals surface area contributed by atoms with Crippen LogP contribution in [0.4, 0.5) is 24.5 Å². The first-order chi connectivity index (χ1) is 16.8. The van der Waals surface area contributed by atoms with Crippen molar-refractivity contribution in [2.45, 2.75) is 13.1 Å². The number of pyridine rings is 1. The van der Waals surface area contributed by atoms with Gasteiger partial charge in [-0.25, -0.2) is 4.98 Å². The lowest BCUT2D eigenvalue weighted by Gasteiger charge is -2.29. The lowest BCUT2D eigenvalue weighted by atomic mass is 10.0. The number of aryl methyl sites for hydroxylation is 1. The molecule has 1 amide bonds. The summed E-state index contributed by atoms with van der Waals surface area (Å²) in [6, 6.07) is 8.09. The minimum atomic E-state index is -4.69. The predicted octanol–water partition coefficient (Wildman–Crippen LogP) is 4.21. The van der Waals surface area contributed by atoms with Gasteiger partial charge in [0, 0.05) is 42.9 Å². The summed E-state index contributed by atoms with van der Waals surface area (Å²) in [6.07, 6.45) is 1.89. The van der Waals surface area contributed by atoms with E-state index in [2.05, 4.69) is 31.5 Å². The van der Waals surface area contributed by atoms with E-state index in [4.69, 9.17) is 4.74 Å². The second-order valence-electron chi connectivity index (χ2n) is 8.18. The number of hydrogen-bond acceptors (Lipinski definition) is 6. The maximum absolute atomic E-state index is 12.9. The summed E-state index contributed by atoms with van der Waals surface area (Å²) in [5.74, 6) is -0.709. The number of fused-ring (bicyclic) bond motifs is 1. The number of imidazole rings is 1. The number of amides is 1. The molecule has 0 atom stereocenters. The van der Waals surface area contributed by atoms with E-state index in [9.17, 15) is 18.0 Å². The number of nitrogens with zero attached hydrogens (tertiary/aromatic N) is 5. The Morgan fingerprint density at radius 3 is 2.71 bits per heavy atom. The van der Waals surface area contributed by atoms with Gasteiger partial charge in [-0.05, 0) is 42.3 Å². The Balaban J connectivity index is 1.48.